The molecule has 3 aromatic rings. The van der Waals surface area contributed by atoms with Gasteiger partial charge in [0.15, 0.2) is 0 Å². The number of hydrogen-bond donors (Lipinski definition) is 0. The average molecular weight is 337 g/mol. The van der Waals surface area contributed by atoms with Crippen molar-refractivity contribution in [2.24, 2.45) is 0 Å². The first-order valence-electron chi connectivity index (χ1n) is 8.41. The van der Waals surface area contributed by atoms with Crippen LogP contribution in [0.5, 0.6) is 0 Å². The van der Waals surface area contributed by atoms with E-state index in [1.54, 1.807) is 11.3 Å². The van der Waals surface area contributed by atoms with Crippen LogP contribution in [0.2, 0.25) is 0 Å². The third-order valence-electron chi connectivity index (χ3n) is 4.92. The molecule has 1 fully saturated rings. The van der Waals surface area contributed by atoms with E-state index in [4.69, 9.17) is 9.84 Å². The first-order valence-corrected chi connectivity index (χ1v) is 9.35. The summed E-state index contributed by atoms with van der Waals surface area (Å²) in [6.45, 7) is 4.42. The number of fused-ring (bicyclic) bond motifs is 3. The summed E-state index contributed by atoms with van der Waals surface area (Å²) in [6, 6.07) is 10.9. The molecule has 0 bridgehead atoms. The summed E-state index contributed by atoms with van der Waals surface area (Å²) in [7, 11) is 0. The number of hydrogen-bond acceptors (Lipinski definition) is 4. The number of aromatic nitrogens is 2. The highest BCUT2D eigenvalue weighted by atomic mass is 32.1. The van der Waals surface area contributed by atoms with E-state index in [1.165, 1.54) is 27.9 Å². The molecular formula is C19H19N3OS. The summed E-state index contributed by atoms with van der Waals surface area (Å²) in [5, 5.41) is 9.34. The van der Waals surface area contributed by atoms with E-state index >= 15 is 0 Å². The van der Waals surface area contributed by atoms with Gasteiger partial charge in [-0.2, -0.15) is 16.4 Å². The van der Waals surface area contributed by atoms with Gasteiger partial charge < -0.3 is 4.74 Å². The fourth-order valence-corrected chi connectivity index (χ4v) is 4.37. The fourth-order valence-electron chi connectivity index (χ4n) is 3.73. The molecule has 5 rings (SSSR count). The molecule has 24 heavy (non-hydrogen) atoms. The topological polar surface area (TPSA) is 30.3 Å². The van der Waals surface area contributed by atoms with Crippen molar-refractivity contribution in [2.75, 3.05) is 26.3 Å². The van der Waals surface area contributed by atoms with E-state index in [9.17, 15) is 0 Å². The van der Waals surface area contributed by atoms with Gasteiger partial charge in [-0.05, 0) is 17.0 Å². The lowest BCUT2D eigenvalue weighted by Gasteiger charge is -2.27. The average Bonchev–Trinajstić information content (AvgIpc) is 3.32. The van der Waals surface area contributed by atoms with E-state index in [1.807, 2.05) is 0 Å². The lowest BCUT2D eigenvalue weighted by molar-refractivity contribution is 0.0217. The predicted octanol–water partition coefficient (Wildman–Crippen LogP) is 3.47. The van der Waals surface area contributed by atoms with Crippen molar-refractivity contribution in [2.45, 2.75) is 13.1 Å². The zero-order chi connectivity index (χ0) is 15.9. The van der Waals surface area contributed by atoms with E-state index < -0.39 is 0 Å². The van der Waals surface area contributed by atoms with Crippen LogP contribution in [0.4, 0.5) is 0 Å². The van der Waals surface area contributed by atoms with Crippen molar-refractivity contribution in [1.29, 1.82) is 0 Å². The number of morpholine rings is 1. The Morgan fingerprint density at radius 2 is 2.00 bits per heavy atom. The van der Waals surface area contributed by atoms with Crippen LogP contribution in [0.15, 0.2) is 41.1 Å². The Balaban J connectivity index is 1.61. The number of thiophene rings is 1. The minimum absolute atomic E-state index is 0.817. The van der Waals surface area contributed by atoms with E-state index in [0.717, 1.165) is 45.1 Å². The molecule has 0 radical (unpaired) electrons. The van der Waals surface area contributed by atoms with Crippen LogP contribution >= 0.6 is 11.3 Å². The summed E-state index contributed by atoms with van der Waals surface area (Å²) in [5.41, 5.74) is 7.83. The minimum atomic E-state index is 0.817. The molecule has 2 aromatic heterocycles. The van der Waals surface area contributed by atoms with Gasteiger partial charge in [-0.25, -0.2) is 4.68 Å². The standard InChI is InChI=1S/C19H19N3OS/c1-2-4-16-14(3-1)11-17-18(15-5-10-24-12-15)20-22(19(16)17)13-21-6-8-23-9-7-21/h1-5,10,12H,6-9,11,13H2. The molecule has 0 N–H and O–H groups in total. The third-order valence-corrected chi connectivity index (χ3v) is 5.61. The smallest absolute Gasteiger partial charge is 0.0974 e. The summed E-state index contributed by atoms with van der Waals surface area (Å²) in [5.74, 6) is 0. The highest BCUT2D eigenvalue weighted by Gasteiger charge is 2.28. The molecule has 5 heteroatoms. The number of benzene rings is 1. The molecule has 1 saturated heterocycles. The number of ether oxygens (including phenoxy) is 1. The first kappa shape index (κ1) is 14.4. The van der Waals surface area contributed by atoms with Gasteiger partial charge in [0, 0.05) is 41.6 Å². The summed E-state index contributed by atoms with van der Waals surface area (Å²) in [6.07, 6.45) is 0.986. The van der Waals surface area contributed by atoms with Crippen LogP contribution in [-0.4, -0.2) is 41.0 Å². The molecule has 0 atom stereocenters. The third kappa shape index (κ3) is 2.32. The largest absolute Gasteiger partial charge is 0.379 e. The molecule has 3 heterocycles. The van der Waals surface area contributed by atoms with Crippen LogP contribution in [0.1, 0.15) is 11.1 Å². The Kier molecular flexibility index (Phi) is 3.51. The first-order chi connectivity index (χ1) is 11.9. The van der Waals surface area contributed by atoms with Crippen molar-refractivity contribution < 1.29 is 4.74 Å². The highest BCUT2D eigenvalue weighted by molar-refractivity contribution is 7.08. The lowest BCUT2D eigenvalue weighted by atomic mass is 10.1. The van der Waals surface area contributed by atoms with Gasteiger partial charge in [-0.15, -0.1) is 0 Å². The molecule has 4 nitrogen and oxygen atoms in total. The van der Waals surface area contributed by atoms with Gasteiger partial charge in [0.2, 0.25) is 0 Å². The molecule has 0 unspecified atom stereocenters. The maximum Gasteiger partial charge on any atom is 0.0974 e. The highest BCUT2D eigenvalue weighted by Crippen LogP contribution is 2.42. The normalized spacial score (nSPS) is 17.0. The quantitative estimate of drug-likeness (QED) is 0.573. The van der Waals surface area contributed by atoms with Gasteiger partial charge in [-0.1, -0.05) is 24.3 Å². The fraction of sp³-hybridized carbons (Fsp3) is 0.316. The maximum atomic E-state index is 5.48. The molecular weight excluding hydrogens is 318 g/mol. The van der Waals surface area contributed by atoms with Gasteiger partial charge in [0.05, 0.1) is 31.3 Å². The summed E-state index contributed by atoms with van der Waals surface area (Å²) >= 11 is 1.73. The molecule has 122 valence electrons. The zero-order valence-corrected chi connectivity index (χ0v) is 14.3. The lowest BCUT2D eigenvalue weighted by Crippen LogP contribution is -2.37. The molecule has 0 amide bonds. The van der Waals surface area contributed by atoms with E-state index in [0.29, 0.717) is 0 Å². The van der Waals surface area contributed by atoms with E-state index in [2.05, 4.69) is 50.7 Å². The number of rotatable bonds is 3. The SMILES string of the molecule is c1ccc2c(c1)Cc1c(-c3ccsc3)nn(CN3CCOCC3)c1-2. The van der Waals surface area contributed by atoms with Crippen LogP contribution in [0.25, 0.3) is 22.5 Å². The molecule has 1 aliphatic heterocycles. The Bertz CT molecular complexity index is 863. The molecule has 1 aromatic carbocycles. The number of nitrogens with zero attached hydrogens (tertiary/aromatic N) is 3. The summed E-state index contributed by atoms with van der Waals surface area (Å²) < 4.78 is 7.69. The second-order valence-corrected chi connectivity index (χ2v) is 7.17. The second-order valence-electron chi connectivity index (χ2n) is 6.39. The van der Waals surface area contributed by atoms with Crippen LogP contribution in [0, 0.1) is 0 Å². The Hall–Kier alpha value is -1.95. The van der Waals surface area contributed by atoms with Crippen LogP contribution in [0.3, 0.4) is 0 Å². The van der Waals surface area contributed by atoms with Crippen molar-refractivity contribution in [1.82, 2.24) is 14.7 Å². The molecule has 0 saturated carbocycles. The minimum Gasteiger partial charge on any atom is -0.379 e. The summed E-state index contributed by atoms with van der Waals surface area (Å²) in [4.78, 5) is 2.43. The Morgan fingerprint density at radius 3 is 2.83 bits per heavy atom. The van der Waals surface area contributed by atoms with Crippen LogP contribution < -0.4 is 0 Å². The Morgan fingerprint density at radius 1 is 1.12 bits per heavy atom. The van der Waals surface area contributed by atoms with Crippen molar-refractivity contribution in [3.8, 4) is 22.5 Å². The van der Waals surface area contributed by atoms with Crippen LogP contribution in [-0.2, 0) is 17.8 Å². The van der Waals surface area contributed by atoms with Crippen molar-refractivity contribution in [3.05, 3.63) is 52.2 Å². The van der Waals surface area contributed by atoms with Gasteiger partial charge in [0.25, 0.3) is 0 Å². The van der Waals surface area contributed by atoms with Crippen molar-refractivity contribution in [3.63, 3.8) is 0 Å². The van der Waals surface area contributed by atoms with Gasteiger partial charge in [0.1, 0.15) is 0 Å². The molecule has 1 aliphatic carbocycles. The molecule has 2 aliphatic rings. The van der Waals surface area contributed by atoms with Gasteiger partial charge >= 0.3 is 0 Å². The Labute approximate surface area is 145 Å². The maximum absolute atomic E-state index is 5.48. The zero-order valence-electron chi connectivity index (χ0n) is 13.4. The second kappa shape index (κ2) is 5.84. The van der Waals surface area contributed by atoms with E-state index in [-0.39, 0.29) is 0 Å². The van der Waals surface area contributed by atoms with Crippen molar-refractivity contribution >= 4 is 11.3 Å². The monoisotopic (exact) mass is 337 g/mol. The van der Waals surface area contributed by atoms with Gasteiger partial charge in [-0.3, -0.25) is 4.90 Å². The predicted molar refractivity (Wildman–Crippen MR) is 96.2 cm³/mol. The molecule has 0 spiro atoms.